The molecule has 6 nitrogen and oxygen atoms in total. The molecule has 0 saturated heterocycles. The summed E-state index contributed by atoms with van der Waals surface area (Å²) in [6.07, 6.45) is 0. The number of hydrogen-bond acceptors (Lipinski definition) is 5. The molecular formula is C24H29N3O3. The van der Waals surface area contributed by atoms with Crippen LogP contribution in [0.4, 0.5) is 0 Å². The monoisotopic (exact) mass is 407 g/mol. The first-order valence-corrected chi connectivity index (χ1v) is 10.0. The zero-order chi connectivity index (χ0) is 21.9. The van der Waals surface area contributed by atoms with Crippen molar-refractivity contribution in [2.75, 3.05) is 6.61 Å². The second-order valence-corrected chi connectivity index (χ2v) is 8.52. The summed E-state index contributed by atoms with van der Waals surface area (Å²) in [4.78, 5) is 19.2. The summed E-state index contributed by atoms with van der Waals surface area (Å²) in [6.45, 7) is 12.1. The Morgan fingerprint density at radius 3 is 2.47 bits per heavy atom. The average Bonchev–Trinajstić information content (AvgIpc) is 3.16. The lowest BCUT2D eigenvalue weighted by atomic mass is 10.1. The smallest absolute Gasteiger partial charge is 0.261 e. The van der Waals surface area contributed by atoms with Crippen molar-refractivity contribution < 1.29 is 14.1 Å². The molecule has 0 saturated carbocycles. The summed E-state index contributed by atoms with van der Waals surface area (Å²) in [5.41, 5.74) is 3.73. The number of hydrogen-bond donors (Lipinski definition) is 0. The molecule has 0 aliphatic heterocycles. The lowest BCUT2D eigenvalue weighted by Gasteiger charge is -2.34. The highest BCUT2D eigenvalue weighted by atomic mass is 16.5. The molecule has 0 radical (unpaired) electrons. The minimum atomic E-state index is -0.431. The van der Waals surface area contributed by atoms with Crippen LogP contribution in [0.25, 0.3) is 11.4 Å². The van der Waals surface area contributed by atoms with Crippen LogP contribution in [0.2, 0.25) is 0 Å². The van der Waals surface area contributed by atoms with Gasteiger partial charge in [-0.1, -0.05) is 41.6 Å². The SMILES string of the molecule is Cc1cc(C)c(C)c(OCC(=O)N(Cc2nc(-c3ccccc3)no2)C(C)(C)C)c1. The Labute approximate surface area is 177 Å². The number of carbonyl (C=O) groups excluding carboxylic acids is 1. The first kappa shape index (κ1) is 21.6. The van der Waals surface area contributed by atoms with E-state index >= 15 is 0 Å². The van der Waals surface area contributed by atoms with Gasteiger partial charge in [-0.05, 0) is 64.3 Å². The molecule has 0 spiro atoms. The first-order chi connectivity index (χ1) is 14.1. The highest BCUT2D eigenvalue weighted by Gasteiger charge is 2.29. The summed E-state index contributed by atoms with van der Waals surface area (Å²) in [6, 6.07) is 13.7. The van der Waals surface area contributed by atoms with E-state index in [1.54, 1.807) is 4.90 Å². The van der Waals surface area contributed by atoms with Crippen LogP contribution in [0.15, 0.2) is 47.0 Å². The fourth-order valence-electron chi connectivity index (χ4n) is 3.23. The fraction of sp³-hybridized carbons (Fsp3) is 0.375. The molecular weight excluding hydrogens is 378 g/mol. The topological polar surface area (TPSA) is 68.5 Å². The van der Waals surface area contributed by atoms with Gasteiger partial charge in [-0.3, -0.25) is 4.79 Å². The van der Waals surface area contributed by atoms with Crippen molar-refractivity contribution in [1.29, 1.82) is 0 Å². The molecule has 0 aliphatic rings. The van der Waals surface area contributed by atoms with Gasteiger partial charge in [0, 0.05) is 11.1 Å². The first-order valence-electron chi connectivity index (χ1n) is 10.0. The van der Waals surface area contributed by atoms with E-state index in [2.05, 4.69) is 16.2 Å². The molecule has 2 aromatic carbocycles. The third kappa shape index (κ3) is 5.06. The van der Waals surface area contributed by atoms with E-state index in [1.165, 1.54) is 0 Å². The molecule has 3 aromatic rings. The minimum absolute atomic E-state index is 0.0549. The number of carbonyl (C=O) groups is 1. The van der Waals surface area contributed by atoms with Crippen LogP contribution >= 0.6 is 0 Å². The van der Waals surface area contributed by atoms with Gasteiger partial charge in [0.1, 0.15) is 12.3 Å². The maximum absolute atomic E-state index is 13.0. The van der Waals surface area contributed by atoms with Crippen LogP contribution < -0.4 is 4.74 Å². The van der Waals surface area contributed by atoms with Crippen LogP contribution in [-0.2, 0) is 11.3 Å². The molecule has 3 rings (SSSR count). The van der Waals surface area contributed by atoms with Gasteiger partial charge in [-0.25, -0.2) is 0 Å². The van der Waals surface area contributed by atoms with Crippen LogP contribution in [0, 0.1) is 20.8 Å². The van der Waals surface area contributed by atoms with Crippen LogP contribution in [0.1, 0.15) is 43.4 Å². The summed E-state index contributed by atoms with van der Waals surface area (Å²) < 4.78 is 11.3. The number of ether oxygens (including phenoxy) is 1. The zero-order valence-corrected chi connectivity index (χ0v) is 18.5. The van der Waals surface area contributed by atoms with Gasteiger partial charge in [-0.2, -0.15) is 4.98 Å². The van der Waals surface area contributed by atoms with Crippen molar-refractivity contribution in [1.82, 2.24) is 15.0 Å². The normalized spacial score (nSPS) is 11.4. The van der Waals surface area contributed by atoms with Crippen LogP contribution in [-0.4, -0.2) is 33.1 Å². The second-order valence-electron chi connectivity index (χ2n) is 8.52. The number of aryl methyl sites for hydroxylation is 2. The highest BCUT2D eigenvalue weighted by Crippen LogP contribution is 2.24. The van der Waals surface area contributed by atoms with E-state index in [0.717, 1.165) is 28.0 Å². The third-order valence-corrected chi connectivity index (χ3v) is 5.02. The van der Waals surface area contributed by atoms with E-state index in [1.807, 2.05) is 77.9 Å². The lowest BCUT2D eigenvalue weighted by molar-refractivity contribution is -0.139. The van der Waals surface area contributed by atoms with Crippen LogP contribution in [0.3, 0.4) is 0 Å². The minimum Gasteiger partial charge on any atom is -0.483 e. The van der Waals surface area contributed by atoms with Crippen molar-refractivity contribution in [3.63, 3.8) is 0 Å². The number of rotatable bonds is 6. The molecule has 30 heavy (non-hydrogen) atoms. The second kappa shape index (κ2) is 8.69. The third-order valence-electron chi connectivity index (χ3n) is 5.02. The number of amides is 1. The number of aromatic nitrogens is 2. The average molecular weight is 408 g/mol. The van der Waals surface area contributed by atoms with Gasteiger partial charge in [0.25, 0.3) is 5.91 Å². The number of nitrogens with zero attached hydrogens (tertiary/aromatic N) is 3. The van der Waals surface area contributed by atoms with Crippen molar-refractivity contribution in [2.45, 2.75) is 53.6 Å². The molecule has 1 aromatic heterocycles. The Hall–Kier alpha value is -3.15. The Balaban J connectivity index is 1.74. The van der Waals surface area contributed by atoms with E-state index in [-0.39, 0.29) is 19.1 Å². The molecule has 158 valence electrons. The quantitative estimate of drug-likeness (QED) is 0.583. The molecule has 0 atom stereocenters. The van der Waals surface area contributed by atoms with Gasteiger partial charge < -0.3 is 14.2 Å². The number of benzene rings is 2. The fourth-order valence-corrected chi connectivity index (χ4v) is 3.23. The Bertz CT molecular complexity index is 1020. The predicted molar refractivity (Wildman–Crippen MR) is 116 cm³/mol. The molecule has 0 bridgehead atoms. The van der Waals surface area contributed by atoms with Gasteiger partial charge in [0.2, 0.25) is 11.7 Å². The molecule has 0 fully saturated rings. The van der Waals surface area contributed by atoms with Crippen LogP contribution in [0.5, 0.6) is 5.75 Å². The van der Waals surface area contributed by atoms with Gasteiger partial charge in [-0.15, -0.1) is 0 Å². The maximum Gasteiger partial charge on any atom is 0.261 e. The Morgan fingerprint density at radius 2 is 1.80 bits per heavy atom. The maximum atomic E-state index is 13.0. The standard InChI is InChI=1S/C24H29N3O3/c1-16-12-17(2)18(3)20(13-16)29-15-22(28)27(24(4,5)6)14-21-25-23(26-30-21)19-10-8-7-9-11-19/h7-13H,14-15H2,1-6H3. The van der Waals surface area contributed by atoms with Gasteiger partial charge in [0.15, 0.2) is 6.61 Å². The molecule has 1 amide bonds. The molecule has 1 heterocycles. The Morgan fingerprint density at radius 1 is 1.10 bits per heavy atom. The summed E-state index contributed by atoms with van der Waals surface area (Å²) in [7, 11) is 0. The van der Waals surface area contributed by atoms with Crippen molar-refractivity contribution >= 4 is 5.91 Å². The van der Waals surface area contributed by atoms with E-state index in [4.69, 9.17) is 9.26 Å². The molecule has 6 heteroatoms. The molecule has 0 unspecified atom stereocenters. The van der Waals surface area contributed by atoms with Crippen molar-refractivity contribution in [2.24, 2.45) is 0 Å². The van der Waals surface area contributed by atoms with Crippen molar-refractivity contribution in [3.8, 4) is 17.1 Å². The van der Waals surface area contributed by atoms with Gasteiger partial charge >= 0.3 is 0 Å². The van der Waals surface area contributed by atoms with Gasteiger partial charge in [0.05, 0.1) is 0 Å². The zero-order valence-electron chi connectivity index (χ0n) is 18.5. The highest BCUT2D eigenvalue weighted by molar-refractivity contribution is 5.78. The Kier molecular flexibility index (Phi) is 6.25. The largest absolute Gasteiger partial charge is 0.483 e. The van der Waals surface area contributed by atoms with Crippen molar-refractivity contribution in [3.05, 3.63) is 65.0 Å². The summed E-state index contributed by atoms with van der Waals surface area (Å²) >= 11 is 0. The lowest BCUT2D eigenvalue weighted by Crippen LogP contribution is -2.47. The molecule has 0 N–H and O–H groups in total. The van der Waals surface area contributed by atoms with E-state index in [9.17, 15) is 4.79 Å². The summed E-state index contributed by atoms with van der Waals surface area (Å²) in [5, 5.41) is 4.05. The molecule has 0 aliphatic carbocycles. The van der Waals surface area contributed by atoms with E-state index < -0.39 is 5.54 Å². The summed E-state index contributed by atoms with van der Waals surface area (Å²) in [5.74, 6) is 1.49. The van der Waals surface area contributed by atoms with E-state index in [0.29, 0.717) is 11.7 Å². The predicted octanol–water partition coefficient (Wildman–Crippen LogP) is 4.87.